The molecule has 0 saturated heterocycles. The van der Waals surface area contributed by atoms with Crippen molar-refractivity contribution in [3.05, 3.63) is 11.6 Å². The van der Waals surface area contributed by atoms with Crippen LogP contribution in [0, 0.1) is 56.7 Å². The maximum atomic E-state index is 13.0. The number of ketones is 1. The highest BCUT2D eigenvalue weighted by molar-refractivity contribution is 5.89. The van der Waals surface area contributed by atoms with Gasteiger partial charge in [0.2, 0.25) is 0 Å². The third kappa shape index (κ3) is 3.41. The number of hydrogen-bond acceptors (Lipinski definition) is 6. The summed E-state index contributed by atoms with van der Waals surface area (Å²) >= 11 is 0. The van der Waals surface area contributed by atoms with E-state index >= 15 is 0 Å². The van der Waals surface area contributed by atoms with Crippen LogP contribution < -0.4 is 0 Å². The molecule has 0 heterocycles. The number of Topliss-reactive ketones (excluding diaryl/α,β-unsaturated/α-hetero) is 1. The average Bonchev–Trinajstić information content (AvgIpc) is 3.12. The van der Waals surface area contributed by atoms with Crippen LogP contribution in [-0.2, 0) is 14.3 Å². The van der Waals surface area contributed by atoms with Gasteiger partial charge in [-0.25, -0.2) is 0 Å². The summed E-state index contributed by atoms with van der Waals surface area (Å²) in [6, 6.07) is 0. The van der Waals surface area contributed by atoms with Crippen LogP contribution in [0.1, 0.15) is 93.9 Å². The molecule has 5 aliphatic carbocycles. The fraction of sp³-hybridized carbons (Fsp3) is 0.875. The van der Waals surface area contributed by atoms with Gasteiger partial charge in [-0.2, -0.15) is 0 Å². The zero-order valence-corrected chi connectivity index (χ0v) is 24.7. The third-order valence-corrected chi connectivity index (χ3v) is 13.2. The number of fused-ring (bicyclic) bond motifs is 7. The molecule has 0 radical (unpaired) electrons. The van der Waals surface area contributed by atoms with Crippen LogP contribution in [0.15, 0.2) is 11.6 Å². The Balaban J connectivity index is 1.63. The second kappa shape index (κ2) is 8.63. The van der Waals surface area contributed by atoms with Gasteiger partial charge in [0.25, 0.3) is 0 Å². The van der Waals surface area contributed by atoms with Gasteiger partial charge >= 0.3 is 5.97 Å². The summed E-state index contributed by atoms with van der Waals surface area (Å²) in [4.78, 5) is 25.0. The van der Waals surface area contributed by atoms with E-state index in [-0.39, 0.29) is 57.1 Å². The summed E-state index contributed by atoms with van der Waals surface area (Å²) < 4.78 is 5.76. The van der Waals surface area contributed by atoms with Crippen molar-refractivity contribution in [3.63, 3.8) is 0 Å². The van der Waals surface area contributed by atoms with E-state index in [0.717, 1.165) is 19.3 Å². The number of carbonyl (C=O) groups excluding carboxylic acids is 2. The topological polar surface area (TPSA) is 104 Å². The van der Waals surface area contributed by atoms with Crippen molar-refractivity contribution in [1.82, 2.24) is 0 Å². The van der Waals surface area contributed by atoms with E-state index in [1.807, 2.05) is 13.8 Å². The molecule has 0 aromatic carbocycles. The van der Waals surface area contributed by atoms with Crippen LogP contribution in [0.3, 0.4) is 0 Å². The van der Waals surface area contributed by atoms with Crippen molar-refractivity contribution in [1.29, 1.82) is 0 Å². The van der Waals surface area contributed by atoms with Crippen molar-refractivity contribution >= 4 is 11.8 Å². The monoisotopic (exact) mass is 530 g/mol. The number of ether oxygens (including phenoxy) is 1. The Kier molecular flexibility index (Phi) is 6.43. The van der Waals surface area contributed by atoms with E-state index in [1.165, 1.54) is 12.5 Å². The molecule has 38 heavy (non-hydrogen) atoms. The highest BCUT2D eigenvalue weighted by Crippen LogP contribution is 2.76. The minimum atomic E-state index is -0.990. The first-order valence-corrected chi connectivity index (χ1v) is 14.9. The quantitative estimate of drug-likeness (QED) is 0.361. The molecule has 6 nitrogen and oxygen atoms in total. The molecule has 0 spiro atoms. The van der Waals surface area contributed by atoms with Crippen LogP contribution in [0.4, 0.5) is 0 Å². The summed E-state index contributed by atoms with van der Waals surface area (Å²) in [6.07, 6.45) is 4.39. The summed E-state index contributed by atoms with van der Waals surface area (Å²) in [5.74, 6) is 0.0383. The van der Waals surface area contributed by atoms with Gasteiger partial charge in [0.1, 0.15) is 6.10 Å². The largest absolute Gasteiger partial charge is 0.465 e. The Bertz CT molecular complexity index is 1050. The first-order chi connectivity index (χ1) is 17.5. The highest BCUT2D eigenvalue weighted by Gasteiger charge is 2.73. The van der Waals surface area contributed by atoms with Crippen LogP contribution in [0.2, 0.25) is 0 Å². The standard InChI is InChI=1S/C32H50O6/c1-17(2)20-13-22(35)26-31(8)10-9-19-25(30(31,7)11-12-32(20,26)16-38-18(3)33)21(34)14-24-28(4,5)27(37)23(36)15-29(19,24)6/h9,17,20-26,34-36H,10-16H2,1-8H3/t20-,21-,22?,23+,24?,25-,26?,29+,30-,31+,32+/m0/s1. The van der Waals surface area contributed by atoms with Crippen molar-refractivity contribution in [2.45, 2.75) is 112 Å². The first-order valence-electron chi connectivity index (χ1n) is 14.9. The van der Waals surface area contributed by atoms with Gasteiger partial charge in [0.15, 0.2) is 5.78 Å². The zero-order chi connectivity index (χ0) is 28.2. The molecule has 3 unspecified atom stereocenters. The van der Waals surface area contributed by atoms with E-state index in [9.17, 15) is 24.9 Å². The van der Waals surface area contributed by atoms with E-state index < -0.39 is 23.7 Å². The van der Waals surface area contributed by atoms with Gasteiger partial charge in [0, 0.05) is 29.6 Å². The van der Waals surface area contributed by atoms with E-state index in [2.05, 4.69) is 40.7 Å². The van der Waals surface area contributed by atoms with Crippen LogP contribution >= 0.6 is 0 Å². The SMILES string of the molecule is CC(=O)OC[C@@]12CC[C@@]3(C)[C@H]4C(=CC[C@]3(C)C1C(O)C[C@H]2C(C)C)[C@@]1(C)C[C@@H](O)C(=O)C(C)(C)C1C[C@@H]4O. The number of aliphatic hydroxyl groups excluding tert-OH is 3. The van der Waals surface area contributed by atoms with Crippen molar-refractivity contribution in [2.24, 2.45) is 56.7 Å². The number of rotatable bonds is 3. The highest BCUT2D eigenvalue weighted by atomic mass is 16.5. The Labute approximate surface area is 228 Å². The molecule has 6 heteroatoms. The third-order valence-electron chi connectivity index (χ3n) is 13.2. The first kappa shape index (κ1) is 28.3. The molecule has 5 aliphatic rings. The predicted molar refractivity (Wildman–Crippen MR) is 145 cm³/mol. The lowest BCUT2D eigenvalue weighted by molar-refractivity contribution is -0.213. The Morgan fingerprint density at radius 3 is 2.29 bits per heavy atom. The predicted octanol–water partition coefficient (Wildman–Crippen LogP) is 4.69. The van der Waals surface area contributed by atoms with E-state index in [4.69, 9.17) is 4.74 Å². The summed E-state index contributed by atoms with van der Waals surface area (Å²) in [6.45, 7) is 16.9. The van der Waals surface area contributed by atoms with Gasteiger partial charge in [-0.15, -0.1) is 0 Å². The van der Waals surface area contributed by atoms with Gasteiger partial charge < -0.3 is 20.1 Å². The number of carbonyl (C=O) groups is 2. The molecule has 0 aliphatic heterocycles. The minimum absolute atomic E-state index is 0.0367. The number of allylic oxidation sites excluding steroid dienone is 1. The van der Waals surface area contributed by atoms with E-state index in [1.54, 1.807) is 0 Å². The lowest BCUT2D eigenvalue weighted by atomic mass is 9.35. The molecular weight excluding hydrogens is 480 g/mol. The minimum Gasteiger partial charge on any atom is -0.465 e. The lowest BCUT2D eigenvalue weighted by Crippen LogP contribution is -2.67. The molecule has 214 valence electrons. The molecule has 5 rings (SSSR count). The number of aliphatic hydroxyl groups is 3. The van der Waals surface area contributed by atoms with Crippen LogP contribution in [0.5, 0.6) is 0 Å². The summed E-state index contributed by atoms with van der Waals surface area (Å²) in [7, 11) is 0. The normalized spacial score (nSPS) is 51.4. The smallest absolute Gasteiger partial charge is 0.302 e. The van der Waals surface area contributed by atoms with Gasteiger partial charge in [-0.3, -0.25) is 9.59 Å². The molecule has 4 saturated carbocycles. The Morgan fingerprint density at radius 1 is 1.03 bits per heavy atom. The van der Waals surface area contributed by atoms with E-state index in [0.29, 0.717) is 31.8 Å². The molecule has 0 amide bonds. The Morgan fingerprint density at radius 2 is 1.68 bits per heavy atom. The maximum Gasteiger partial charge on any atom is 0.302 e. The molecule has 0 bridgehead atoms. The van der Waals surface area contributed by atoms with Crippen molar-refractivity contribution < 1.29 is 29.6 Å². The maximum absolute atomic E-state index is 13.0. The molecule has 3 N–H and O–H groups in total. The van der Waals surface area contributed by atoms with Crippen LogP contribution in [-0.4, -0.2) is 52.0 Å². The Hall–Kier alpha value is -1.24. The number of esters is 1. The zero-order valence-electron chi connectivity index (χ0n) is 24.7. The second-order valence-corrected chi connectivity index (χ2v) is 15.4. The number of hydrogen-bond donors (Lipinski definition) is 3. The molecule has 4 fully saturated rings. The molecule has 0 aromatic rings. The summed E-state index contributed by atoms with van der Waals surface area (Å²) in [5, 5.41) is 34.5. The van der Waals surface area contributed by atoms with Gasteiger partial charge in [-0.05, 0) is 72.5 Å². The fourth-order valence-electron chi connectivity index (χ4n) is 11.4. The molecular formula is C32H50O6. The van der Waals surface area contributed by atoms with Crippen LogP contribution in [0.25, 0.3) is 0 Å². The van der Waals surface area contributed by atoms with Crippen molar-refractivity contribution in [2.75, 3.05) is 6.61 Å². The average molecular weight is 531 g/mol. The lowest BCUT2D eigenvalue weighted by Gasteiger charge is -2.70. The van der Waals surface area contributed by atoms with Gasteiger partial charge in [0.05, 0.1) is 18.8 Å². The molecule has 0 aromatic heterocycles. The van der Waals surface area contributed by atoms with Gasteiger partial charge in [-0.1, -0.05) is 60.1 Å². The fourth-order valence-corrected chi connectivity index (χ4v) is 11.4. The molecule has 11 atom stereocenters. The summed E-state index contributed by atoms with van der Waals surface area (Å²) in [5.41, 5.74) is -0.740. The second-order valence-electron chi connectivity index (χ2n) is 15.4. The van der Waals surface area contributed by atoms with Crippen molar-refractivity contribution in [3.8, 4) is 0 Å².